The van der Waals surface area contributed by atoms with E-state index in [0.717, 1.165) is 5.39 Å². The molecule has 10 heteroatoms. The van der Waals surface area contributed by atoms with E-state index in [2.05, 4.69) is 16.0 Å². The number of nitro groups is 1. The summed E-state index contributed by atoms with van der Waals surface area (Å²) in [6.45, 7) is 8.59. The van der Waals surface area contributed by atoms with E-state index >= 15 is 0 Å². The van der Waals surface area contributed by atoms with Gasteiger partial charge in [0.05, 0.1) is 16.9 Å². The molecule has 2 aromatic rings. The van der Waals surface area contributed by atoms with Crippen LogP contribution in [0.5, 0.6) is 0 Å². The normalized spacial score (nSPS) is 13.5. The molecule has 1 atom stereocenters. The summed E-state index contributed by atoms with van der Waals surface area (Å²) in [5, 5.41) is 11.8. The zero-order chi connectivity index (χ0) is 21.9. The van der Waals surface area contributed by atoms with Crippen LogP contribution < -0.4 is 4.72 Å². The van der Waals surface area contributed by atoms with Gasteiger partial charge in [-0.2, -0.15) is 4.72 Å². The first-order valence-corrected chi connectivity index (χ1v) is 10.9. The molecule has 1 aromatic heterocycles. The van der Waals surface area contributed by atoms with Crippen molar-refractivity contribution in [2.45, 2.75) is 26.8 Å². The first kappa shape index (κ1) is 22.7. The van der Waals surface area contributed by atoms with Gasteiger partial charge in [0.25, 0.3) is 5.69 Å². The van der Waals surface area contributed by atoms with Crippen molar-refractivity contribution >= 4 is 55.3 Å². The summed E-state index contributed by atoms with van der Waals surface area (Å²) < 4.78 is 33.2. The van der Waals surface area contributed by atoms with Gasteiger partial charge in [-0.3, -0.25) is 14.9 Å². The smallest absolute Gasteiger partial charge is 0.324 e. The Kier molecular flexibility index (Phi) is 6.93. The predicted octanol–water partition coefficient (Wildman–Crippen LogP) is 3.93. The molecule has 156 valence electrons. The summed E-state index contributed by atoms with van der Waals surface area (Å²) in [5.74, 6) is -0.976. The molecular formula is C19H22N2O6S2. The Morgan fingerprint density at radius 3 is 2.55 bits per heavy atom. The van der Waals surface area contributed by atoms with Crippen molar-refractivity contribution in [3.63, 3.8) is 0 Å². The van der Waals surface area contributed by atoms with Crippen molar-refractivity contribution in [1.82, 2.24) is 4.72 Å². The highest BCUT2D eigenvalue weighted by Gasteiger charge is 2.29. The molecule has 29 heavy (non-hydrogen) atoms. The molecule has 1 heterocycles. The lowest BCUT2D eigenvalue weighted by Gasteiger charge is -2.19. The van der Waals surface area contributed by atoms with Crippen molar-refractivity contribution in [3.8, 4) is 0 Å². The summed E-state index contributed by atoms with van der Waals surface area (Å²) >= 11 is 1.22. The quantitative estimate of drug-likeness (QED) is 0.379. The summed E-state index contributed by atoms with van der Waals surface area (Å²) in [5.41, 5.74) is 0.636. The van der Waals surface area contributed by atoms with Crippen LogP contribution in [0.15, 0.2) is 29.7 Å². The van der Waals surface area contributed by atoms with E-state index in [0.29, 0.717) is 15.1 Å². The van der Waals surface area contributed by atoms with Crippen molar-refractivity contribution in [2.24, 2.45) is 5.92 Å². The molecule has 0 aliphatic rings. The molecule has 1 N–H and O–H groups in total. The first-order chi connectivity index (χ1) is 13.5. The zero-order valence-electron chi connectivity index (χ0n) is 16.5. The number of allylic oxidation sites excluding steroid dienone is 1. The third-order valence-electron chi connectivity index (χ3n) is 4.32. The molecule has 2 rings (SSSR count). The summed E-state index contributed by atoms with van der Waals surface area (Å²) in [6, 6.07) is 3.44. The SMILES string of the molecule is C=Cc1c(/C=C(\C)S(=O)(=O)N[C@H](C(=O)OC)C(C)C)sc2cc([N+](=O)[O-])ccc12. The second kappa shape index (κ2) is 8.85. The number of ether oxygens (including phenoxy) is 1. The van der Waals surface area contributed by atoms with Crippen molar-refractivity contribution < 1.29 is 22.9 Å². The van der Waals surface area contributed by atoms with Gasteiger partial charge >= 0.3 is 5.97 Å². The Morgan fingerprint density at radius 2 is 2.03 bits per heavy atom. The molecule has 0 fully saturated rings. The van der Waals surface area contributed by atoms with Gasteiger partial charge in [0.2, 0.25) is 10.0 Å². The standard InChI is InChI=1S/C19H22N2O6S2/c1-6-14-15-8-7-13(21(23)24)10-17(15)28-16(14)9-12(4)29(25,26)20-18(11(2)3)19(22)27-5/h6-11,18,20H,1H2,2-5H3/b12-9+/t18-/m0/s1. The van der Waals surface area contributed by atoms with Crippen LogP contribution in [0.3, 0.4) is 0 Å². The van der Waals surface area contributed by atoms with E-state index in [1.54, 1.807) is 26.0 Å². The highest BCUT2D eigenvalue weighted by molar-refractivity contribution is 7.93. The second-order valence-electron chi connectivity index (χ2n) is 6.64. The molecule has 0 unspecified atom stereocenters. The van der Waals surface area contributed by atoms with Gasteiger partial charge in [-0.15, -0.1) is 11.3 Å². The molecule has 0 radical (unpaired) electrons. The van der Waals surface area contributed by atoms with Crippen LogP contribution in [0.4, 0.5) is 5.69 Å². The number of nitrogens with one attached hydrogen (secondary N) is 1. The van der Waals surface area contributed by atoms with Crippen molar-refractivity contribution in [2.75, 3.05) is 7.11 Å². The van der Waals surface area contributed by atoms with E-state index < -0.39 is 27.0 Å². The minimum absolute atomic E-state index is 0.00351. The Morgan fingerprint density at radius 1 is 1.38 bits per heavy atom. The number of esters is 1. The highest BCUT2D eigenvalue weighted by atomic mass is 32.2. The van der Waals surface area contributed by atoms with Crippen LogP contribution in [0.2, 0.25) is 0 Å². The van der Waals surface area contributed by atoms with Crippen molar-refractivity contribution in [1.29, 1.82) is 0 Å². The van der Waals surface area contributed by atoms with Crippen LogP contribution in [0.1, 0.15) is 31.2 Å². The van der Waals surface area contributed by atoms with Crippen molar-refractivity contribution in [3.05, 3.63) is 50.2 Å². The lowest BCUT2D eigenvalue weighted by molar-refractivity contribution is -0.384. The molecule has 0 saturated carbocycles. The average molecular weight is 439 g/mol. The van der Waals surface area contributed by atoms with E-state index in [1.165, 1.54) is 43.6 Å². The fraction of sp³-hybridized carbons (Fsp3) is 0.316. The molecule has 0 saturated heterocycles. The van der Waals surface area contributed by atoms with E-state index in [9.17, 15) is 23.3 Å². The molecule has 0 spiro atoms. The second-order valence-corrected chi connectivity index (χ2v) is 9.61. The molecule has 0 aliphatic heterocycles. The third-order valence-corrected chi connectivity index (χ3v) is 6.96. The number of benzene rings is 1. The number of hydrogen-bond acceptors (Lipinski definition) is 7. The number of fused-ring (bicyclic) bond motifs is 1. The number of sulfonamides is 1. The van der Waals surface area contributed by atoms with E-state index in [1.807, 2.05) is 0 Å². The molecular weight excluding hydrogens is 416 g/mol. The highest BCUT2D eigenvalue weighted by Crippen LogP contribution is 2.36. The zero-order valence-corrected chi connectivity index (χ0v) is 18.1. The lowest BCUT2D eigenvalue weighted by Crippen LogP contribution is -2.45. The Bertz CT molecular complexity index is 1100. The van der Waals surface area contributed by atoms with E-state index in [4.69, 9.17) is 0 Å². The summed E-state index contributed by atoms with van der Waals surface area (Å²) in [4.78, 5) is 23.0. The Hall–Kier alpha value is -2.56. The topological polar surface area (TPSA) is 116 Å². The first-order valence-electron chi connectivity index (χ1n) is 8.63. The summed E-state index contributed by atoms with van der Waals surface area (Å²) in [6.07, 6.45) is 3.04. The number of carbonyl (C=O) groups excluding carboxylic acids is 1. The molecule has 0 amide bonds. The fourth-order valence-corrected chi connectivity index (χ4v) is 5.14. The number of thiophene rings is 1. The number of nitro benzene ring substituents is 1. The van der Waals surface area contributed by atoms with Crippen LogP contribution in [-0.2, 0) is 19.6 Å². The Labute approximate surface area is 173 Å². The number of nitrogens with zero attached hydrogens (tertiary/aromatic N) is 1. The van der Waals surface area contributed by atoms with E-state index in [-0.39, 0.29) is 16.5 Å². The van der Waals surface area contributed by atoms with Crippen LogP contribution in [0, 0.1) is 16.0 Å². The molecule has 1 aromatic carbocycles. The number of carbonyl (C=O) groups is 1. The lowest BCUT2D eigenvalue weighted by atomic mass is 10.1. The molecule has 0 bridgehead atoms. The monoisotopic (exact) mass is 438 g/mol. The fourth-order valence-electron chi connectivity index (χ4n) is 2.66. The number of rotatable bonds is 8. The van der Waals surface area contributed by atoms with Crippen LogP contribution >= 0.6 is 11.3 Å². The molecule has 0 aliphatic carbocycles. The maximum Gasteiger partial charge on any atom is 0.324 e. The maximum atomic E-state index is 12.7. The van der Waals surface area contributed by atoms with Gasteiger partial charge in [0.1, 0.15) is 6.04 Å². The largest absolute Gasteiger partial charge is 0.468 e. The van der Waals surface area contributed by atoms with Gasteiger partial charge in [0, 0.05) is 27.1 Å². The molecule has 8 nitrogen and oxygen atoms in total. The minimum Gasteiger partial charge on any atom is -0.468 e. The number of non-ortho nitro benzene ring substituents is 1. The third kappa shape index (κ3) is 4.89. The number of hydrogen-bond donors (Lipinski definition) is 1. The Balaban J connectivity index is 2.48. The summed E-state index contributed by atoms with van der Waals surface area (Å²) in [7, 11) is -2.77. The number of methoxy groups -OCH3 is 1. The predicted molar refractivity (Wildman–Crippen MR) is 115 cm³/mol. The van der Waals surface area contributed by atoms with Gasteiger partial charge in [-0.1, -0.05) is 26.5 Å². The van der Waals surface area contributed by atoms with Gasteiger partial charge in [0.15, 0.2) is 0 Å². The average Bonchev–Trinajstić information content (AvgIpc) is 3.01. The van der Waals surface area contributed by atoms with Crippen LogP contribution in [-0.4, -0.2) is 32.5 Å². The minimum atomic E-state index is -3.97. The van der Waals surface area contributed by atoms with Crippen LogP contribution in [0.25, 0.3) is 22.2 Å². The van der Waals surface area contributed by atoms with Gasteiger partial charge < -0.3 is 4.74 Å². The van der Waals surface area contributed by atoms with Gasteiger partial charge in [-0.05, 0) is 30.5 Å². The van der Waals surface area contributed by atoms with Gasteiger partial charge in [-0.25, -0.2) is 8.42 Å². The maximum absolute atomic E-state index is 12.7.